The molecule has 0 aromatic carbocycles. The molecule has 0 radical (unpaired) electrons. The van der Waals surface area contributed by atoms with Gasteiger partial charge >= 0.3 is 0 Å². The lowest BCUT2D eigenvalue weighted by molar-refractivity contribution is 0.0642. The summed E-state index contributed by atoms with van der Waals surface area (Å²) in [5.74, 6) is 0.0878. The second-order valence-electron chi connectivity index (χ2n) is 7.07. The van der Waals surface area contributed by atoms with Crippen molar-refractivity contribution < 1.29 is 4.79 Å². The zero-order valence-electron chi connectivity index (χ0n) is 13.9. The lowest BCUT2D eigenvalue weighted by atomic mass is 9.88. The molecule has 1 fully saturated rings. The Morgan fingerprint density at radius 2 is 1.90 bits per heavy atom. The van der Waals surface area contributed by atoms with Gasteiger partial charge < -0.3 is 4.90 Å². The van der Waals surface area contributed by atoms with Gasteiger partial charge in [0.05, 0.1) is 0 Å². The van der Waals surface area contributed by atoms with E-state index < -0.39 is 0 Å². The van der Waals surface area contributed by atoms with Gasteiger partial charge in [0.2, 0.25) is 0 Å². The fourth-order valence-corrected chi connectivity index (χ4v) is 3.07. The van der Waals surface area contributed by atoms with Crippen LogP contribution in [0.1, 0.15) is 75.9 Å². The number of carbonyl (C=O) groups is 1. The van der Waals surface area contributed by atoms with Gasteiger partial charge in [-0.2, -0.15) is 0 Å². The summed E-state index contributed by atoms with van der Waals surface area (Å²) in [6, 6.07) is 4.32. The Labute approximate surface area is 128 Å². The van der Waals surface area contributed by atoms with Crippen LogP contribution in [0.4, 0.5) is 0 Å². The smallest absolute Gasteiger partial charge is 0.272 e. The molecule has 2 rings (SSSR count). The van der Waals surface area contributed by atoms with E-state index in [1.165, 1.54) is 24.8 Å². The number of hydrogen-bond acceptors (Lipinski definition) is 2. The van der Waals surface area contributed by atoms with Crippen molar-refractivity contribution in [1.29, 1.82) is 0 Å². The zero-order chi connectivity index (χ0) is 15.5. The predicted molar refractivity (Wildman–Crippen MR) is 86.5 cm³/mol. The number of carbonyl (C=O) groups excluding carboxylic acids is 1. The monoisotopic (exact) mass is 288 g/mol. The van der Waals surface area contributed by atoms with Gasteiger partial charge in [-0.15, -0.1) is 0 Å². The maximum absolute atomic E-state index is 12.7. The summed E-state index contributed by atoms with van der Waals surface area (Å²) in [7, 11) is 0. The molecule has 1 aliphatic rings. The molecule has 116 valence electrons. The summed E-state index contributed by atoms with van der Waals surface area (Å²) in [5.41, 5.74) is 1.82. The molecule has 3 heteroatoms. The van der Waals surface area contributed by atoms with Crippen LogP contribution < -0.4 is 0 Å². The van der Waals surface area contributed by atoms with Crippen molar-refractivity contribution in [2.24, 2.45) is 0 Å². The molecular weight excluding hydrogens is 260 g/mol. The highest BCUT2D eigenvalue weighted by Crippen LogP contribution is 2.25. The molecule has 0 saturated heterocycles. The molecule has 21 heavy (non-hydrogen) atoms. The maximum Gasteiger partial charge on any atom is 0.272 e. The number of nitrogens with zero attached hydrogens (tertiary/aromatic N) is 2. The molecule has 3 nitrogen and oxygen atoms in total. The molecule has 0 bridgehead atoms. The zero-order valence-corrected chi connectivity index (χ0v) is 13.9. The first-order valence-electron chi connectivity index (χ1n) is 8.21. The van der Waals surface area contributed by atoms with Crippen LogP contribution in [0.3, 0.4) is 0 Å². The summed E-state index contributed by atoms with van der Waals surface area (Å²) in [6.07, 6.45) is 7.91. The quantitative estimate of drug-likeness (QED) is 0.836. The first-order chi connectivity index (χ1) is 9.93. The maximum atomic E-state index is 12.7. The summed E-state index contributed by atoms with van der Waals surface area (Å²) < 4.78 is 0. The van der Waals surface area contributed by atoms with E-state index in [-0.39, 0.29) is 11.3 Å². The van der Waals surface area contributed by atoms with Crippen molar-refractivity contribution in [2.75, 3.05) is 6.54 Å². The molecule has 0 N–H and O–H groups in total. The van der Waals surface area contributed by atoms with Gasteiger partial charge in [-0.3, -0.25) is 9.78 Å². The standard InChI is InChI=1S/C18H28N2O/c1-5-20(15-9-7-6-8-10-15)17(21)16-12-11-14(13-19-16)18(2,3)4/h11-13,15H,5-10H2,1-4H3. The summed E-state index contributed by atoms with van der Waals surface area (Å²) in [5, 5.41) is 0. The third kappa shape index (κ3) is 3.84. The van der Waals surface area contributed by atoms with E-state index in [9.17, 15) is 4.79 Å². The van der Waals surface area contributed by atoms with E-state index in [1.54, 1.807) is 0 Å². The van der Waals surface area contributed by atoms with Crippen LogP contribution >= 0.6 is 0 Å². The van der Waals surface area contributed by atoms with Crippen molar-refractivity contribution in [2.45, 2.75) is 71.3 Å². The van der Waals surface area contributed by atoms with E-state index in [4.69, 9.17) is 0 Å². The average molecular weight is 288 g/mol. The van der Waals surface area contributed by atoms with Crippen LogP contribution in [-0.4, -0.2) is 28.4 Å². The van der Waals surface area contributed by atoms with Crippen molar-refractivity contribution in [3.8, 4) is 0 Å². The Balaban J connectivity index is 2.13. The highest BCUT2D eigenvalue weighted by molar-refractivity contribution is 5.92. The SMILES string of the molecule is CCN(C(=O)c1ccc(C(C)(C)C)cn1)C1CCCCC1. The van der Waals surface area contributed by atoms with Gasteiger partial charge in [-0.25, -0.2) is 0 Å². The van der Waals surface area contributed by atoms with E-state index in [0.717, 1.165) is 19.4 Å². The number of pyridine rings is 1. The van der Waals surface area contributed by atoms with Crippen LogP contribution in [0.5, 0.6) is 0 Å². The fraction of sp³-hybridized carbons (Fsp3) is 0.667. The molecule has 1 heterocycles. The first-order valence-corrected chi connectivity index (χ1v) is 8.21. The highest BCUT2D eigenvalue weighted by Gasteiger charge is 2.26. The molecule has 0 unspecified atom stereocenters. The van der Waals surface area contributed by atoms with Gasteiger partial charge in [0.1, 0.15) is 5.69 Å². The summed E-state index contributed by atoms with van der Waals surface area (Å²) in [6.45, 7) is 9.31. The van der Waals surface area contributed by atoms with Crippen LogP contribution in [0.25, 0.3) is 0 Å². The van der Waals surface area contributed by atoms with E-state index in [2.05, 4.69) is 32.7 Å². The Morgan fingerprint density at radius 3 is 2.38 bits per heavy atom. The largest absolute Gasteiger partial charge is 0.335 e. The number of aromatic nitrogens is 1. The molecule has 1 aliphatic carbocycles. The molecular formula is C18H28N2O. The minimum absolute atomic E-state index is 0.0718. The van der Waals surface area contributed by atoms with Gasteiger partial charge in [0, 0.05) is 18.8 Å². The van der Waals surface area contributed by atoms with E-state index in [1.807, 2.05) is 23.2 Å². The summed E-state index contributed by atoms with van der Waals surface area (Å²) >= 11 is 0. The molecule has 1 saturated carbocycles. The van der Waals surface area contributed by atoms with Crippen molar-refractivity contribution in [3.05, 3.63) is 29.6 Å². The van der Waals surface area contributed by atoms with E-state index in [0.29, 0.717) is 11.7 Å². The van der Waals surface area contributed by atoms with Crippen molar-refractivity contribution in [3.63, 3.8) is 0 Å². The number of rotatable bonds is 3. The Morgan fingerprint density at radius 1 is 1.24 bits per heavy atom. The highest BCUT2D eigenvalue weighted by atomic mass is 16.2. The number of hydrogen-bond donors (Lipinski definition) is 0. The third-order valence-electron chi connectivity index (χ3n) is 4.47. The Hall–Kier alpha value is -1.38. The Bertz CT molecular complexity index is 467. The Kier molecular flexibility index (Phi) is 5.02. The predicted octanol–water partition coefficient (Wildman–Crippen LogP) is 4.17. The van der Waals surface area contributed by atoms with Crippen LogP contribution in [0, 0.1) is 0 Å². The molecule has 0 spiro atoms. The third-order valence-corrected chi connectivity index (χ3v) is 4.47. The van der Waals surface area contributed by atoms with Gasteiger partial charge in [-0.1, -0.05) is 46.1 Å². The van der Waals surface area contributed by atoms with Gasteiger partial charge in [0.25, 0.3) is 5.91 Å². The van der Waals surface area contributed by atoms with Crippen LogP contribution in [-0.2, 0) is 5.41 Å². The summed E-state index contributed by atoms with van der Waals surface area (Å²) in [4.78, 5) is 19.1. The van der Waals surface area contributed by atoms with Crippen molar-refractivity contribution in [1.82, 2.24) is 9.88 Å². The molecule has 1 amide bonds. The van der Waals surface area contributed by atoms with Crippen LogP contribution in [0.15, 0.2) is 18.3 Å². The lowest BCUT2D eigenvalue weighted by Crippen LogP contribution is -2.41. The minimum Gasteiger partial charge on any atom is -0.335 e. The second kappa shape index (κ2) is 6.59. The molecule has 0 aliphatic heterocycles. The number of amides is 1. The molecule has 0 atom stereocenters. The topological polar surface area (TPSA) is 33.2 Å². The lowest BCUT2D eigenvalue weighted by Gasteiger charge is -2.33. The normalized spacial score (nSPS) is 16.8. The second-order valence-corrected chi connectivity index (χ2v) is 7.07. The minimum atomic E-state index is 0.0718. The molecule has 1 aromatic rings. The van der Waals surface area contributed by atoms with Crippen LogP contribution in [0.2, 0.25) is 0 Å². The molecule has 1 aromatic heterocycles. The fourth-order valence-electron chi connectivity index (χ4n) is 3.07. The van der Waals surface area contributed by atoms with Gasteiger partial charge in [0.15, 0.2) is 0 Å². The van der Waals surface area contributed by atoms with E-state index >= 15 is 0 Å². The average Bonchev–Trinajstić information content (AvgIpc) is 2.48. The van der Waals surface area contributed by atoms with Crippen molar-refractivity contribution >= 4 is 5.91 Å². The first kappa shape index (κ1) is 16.0. The van der Waals surface area contributed by atoms with Gasteiger partial charge in [-0.05, 0) is 36.8 Å².